The van der Waals surface area contributed by atoms with E-state index >= 15 is 0 Å². The van der Waals surface area contributed by atoms with Crippen LogP contribution >= 0.6 is 0 Å². The highest BCUT2D eigenvalue weighted by molar-refractivity contribution is 6.05. The fourth-order valence-electron chi connectivity index (χ4n) is 2.80. The molecule has 0 fully saturated rings. The van der Waals surface area contributed by atoms with Crippen LogP contribution < -0.4 is 5.32 Å². The molecule has 0 aliphatic carbocycles. The maximum absolute atomic E-state index is 13.5. The number of hydrogen-bond donors (Lipinski definition) is 1. The molecule has 4 aromatic rings. The Labute approximate surface area is 169 Å². The zero-order valence-corrected chi connectivity index (χ0v) is 15.3. The normalized spacial score (nSPS) is 10.9. The molecule has 0 spiro atoms. The van der Waals surface area contributed by atoms with E-state index in [9.17, 15) is 18.4 Å². The molecule has 0 saturated heterocycles. The number of nitrogens with one attached hydrogen (secondary N) is 1. The van der Waals surface area contributed by atoms with Crippen LogP contribution in [0.15, 0.2) is 71.7 Å². The number of nitrogens with zero attached hydrogens (tertiary/aromatic N) is 3. The fourth-order valence-corrected chi connectivity index (χ4v) is 2.80. The van der Waals surface area contributed by atoms with E-state index in [0.717, 1.165) is 5.56 Å². The molecule has 1 aromatic carbocycles. The van der Waals surface area contributed by atoms with Crippen molar-refractivity contribution < 1.29 is 22.8 Å². The summed E-state index contributed by atoms with van der Waals surface area (Å²) in [6, 6.07) is 11.1. The molecule has 3 heterocycles. The number of hydrogen-bond acceptors (Lipinski definition) is 5. The van der Waals surface area contributed by atoms with Crippen molar-refractivity contribution in [2.45, 2.75) is 6.43 Å². The van der Waals surface area contributed by atoms with E-state index in [1.54, 1.807) is 36.7 Å². The third kappa shape index (κ3) is 3.86. The monoisotopic (exact) mass is 408 g/mol. The van der Waals surface area contributed by atoms with Crippen LogP contribution in [0.25, 0.3) is 17.0 Å². The Morgan fingerprint density at radius 3 is 2.53 bits per heavy atom. The average Bonchev–Trinajstić information content (AvgIpc) is 3.42. The molecule has 30 heavy (non-hydrogen) atoms. The fraction of sp³-hybridized carbons (Fsp3) is 0.0476. The summed E-state index contributed by atoms with van der Waals surface area (Å²) in [7, 11) is 0. The number of furan rings is 1. The Morgan fingerprint density at radius 2 is 1.87 bits per heavy atom. The molecular weight excluding hydrogens is 394 g/mol. The zero-order valence-electron chi connectivity index (χ0n) is 15.3. The number of amides is 1. The quantitative estimate of drug-likeness (QED) is 0.474. The maximum Gasteiger partial charge on any atom is 0.284 e. The lowest BCUT2D eigenvalue weighted by molar-refractivity contribution is 0.102. The number of pyridine rings is 1. The molecule has 1 N–H and O–H groups in total. The van der Waals surface area contributed by atoms with Crippen molar-refractivity contribution in [2.24, 2.45) is 0 Å². The summed E-state index contributed by atoms with van der Waals surface area (Å²) >= 11 is 0. The summed E-state index contributed by atoms with van der Waals surface area (Å²) in [5.74, 6) is -0.167. The highest BCUT2D eigenvalue weighted by atomic mass is 19.3. The number of anilines is 1. The second-order valence-corrected chi connectivity index (χ2v) is 6.27. The number of carbonyl (C=O) groups is 2. The molecule has 3 aromatic heterocycles. The van der Waals surface area contributed by atoms with Crippen LogP contribution in [0.4, 0.5) is 14.5 Å². The summed E-state index contributed by atoms with van der Waals surface area (Å²) in [5.41, 5.74) is 1.11. The van der Waals surface area contributed by atoms with Crippen LogP contribution in [0.3, 0.4) is 0 Å². The number of benzene rings is 1. The lowest BCUT2D eigenvalue weighted by atomic mass is 10.2. The lowest BCUT2D eigenvalue weighted by Crippen LogP contribution is -2.11. The molecule has 4 rings (SSSR count). The summed E-state index contributed by atoms with van der Waals surface area (Å²) in [4.78, 5) is 27.2. The molecular formula is C21H14F2N4O3. The summed E-state index contributed by atoms with van der Waals surface area (Å²) in [6.07, 6.45) is 3.49. The van der Waals surface area contributed by atoms with E-state index < -0.39 is 18.0 Å². The first kappa shape index (κ1) is 19.2. The molecule has 0 radical (unpaired) electrons. The lowest BCUT2D eigenvalue weighted by Gasteiger charge is -2.02. The summed E-state index contributed by atoms with van der Waals surface area (Å²) in [6.45, 7) is 0. The van der Waals surface area contributed by atoms with Gasteiger partial charge < -0.3 is 9.73 Å². The van der Waals surface area contributed by atoms with Crippen molar-refractivity contribution in [1.29, 1.82) is 0 Å². The summed E-state index contributed by atoms with van der Waals surface area (Å²) in [5, 5.41) is 6.32. The van der Waals surface area contributed by atoms with Crippen LogP contribution in [-0.2, 0) is 0 Å². The number of rotatable bonds is 6. The number of aromatic nitrogens is 3. The van der Waals surface area contributed by atoms with Crippen LogP contribution in [0.2, 0.25) is 0 Å². The van der Waals surface area contributed by atoms with Gasteiger partial charge in [-0.25, -0.2) is 13.5 Å². The smallest absolute Gasteiger partial charge is 0.284 e. The van der Waals surface area contributed by atoms with Gasteiger partial charge in [-0.15, -0.1) is 0 Å². The number of alkyl halides is 2. The van der Waals surface area contributed by atoms with Crippen molar-refractivity contribution in [3.05, 3.63) is 84.1 Å². The van der Waals surface area contributed by atoms with Gasteiger partial charge in [-0.2, -0.15) is 5.10 Å². The molecule has 1 amide bonds. The third-order valence-electron chi connectivity index (χ3n) is 4.32. The molecule has 7 nitrogen and oxygen atoms in total. The van der Waals surface area contributed by atoms with Crippen molar-refractivity contribution >= 4 is 17.9 Å². The standard InChI is InChI=1S/C21H14F2N4O3/c22-20(23)19-17(10-27(26-19)16-3-1-13(11-28)2-4-16)25-21(29)15-9-18(30-12-15)14-5-7-24-8-6-14/h1-12,20H,(H,25,29). The van der Waals surface area contributed by atoms with Gasteiger partial charge in [-0.3, -0.25) is 14.6 Å². The van der Waals surface area contributed by atoms with E-state index in [2.05, 4.69) is 15.4 Å². The SMILES string of the molecule is O=Cc1ccc(-n2cc(NC(=O)c3coc(-c4ccncc4)c3)c(C(F)F)n2)cc1. The molecule has 0 bridgehead atoms. The van der Waals surface area contributed by atoms with Gasteiger partial charge in [0.15, 0.2) is 5.69 Å². The van der Waals surface area contributed by atoms with Gasteiger partial charge >= 0.3 is 0 Å². The van der Waals surface area contributed by atoms with Crippen molar-refractivity contribution in [2.75, 3.05) is 5.32 Å². The molecule has 150 valence electrons. The second-order valence-electron chi connectivity index (χ2n) is 6.27. The molecule has 0 aliphatic heterocycles. The van der Waals surface area contributed by atoms with E-state index in [4.69, 9.17) is 4.42 Å². The van der Waals surface area contributed by atoms with Gasteiger partial charge in [0.05, 0.1) is 23.1 Å². The number of halogens is 2. The Hall–Kier alpha value is -4.14. The second kappa shape index (κ2) is 8.08. The molecule has 0 unspecified atom stereocenters. The van der Waals surface area contributed by atoms with Crippen LogP contribution in [-0.4, -0.2) is 27.0 Å². The first-order chi connectivity index (χ1) is 14.5. The van der Waals surface area contributed by atoms with Crippen molar-refractivity contribution in [1.82, 2.24) is 14.8 Å². The first-order valence-electron chi connectivity index (χ1n) is 8.79. The van der Waals surface area contributed by atoms with Gasteiger partial charge in [-0.05, 0) is 42.5 Å². The maximum atomic E-state index is 13.5. The average molecular weight is 408 g/mol. The van der Waals surface area contributed by atoms with Crippen LogP contribution in [0.1, 0.15) is 32.8 Å². The van der Waals surface area contributed by atoms with E-state index in [1.165, 1.54) is 35.3 Å². The van der Waals surface area contributed by atoms with Gasteiger partial charge in [0.25, 0.3) is 12.3 Å². The zero-order chi connectivity index (χ0) is 21.1. The number of carbonyl (C=O) groups excluding carboxylic acids is 2. The Balaban J connectivity index is 1.59. The minimum atomic E-state index is -2.90. The van der Waals surface area contributed by atoms with E-state index in [-0.39, 0.29) is 11.3 Å². The van der Waals surface area contributed by atoms with Crippen molar-refractivity contribution in [3.63, 3.8) is 0 Å². The van der Waals surface area contributed by atoms with Crippen LogP contribution in [0.5, 0.6) is 0 Å². The van der Waals surface area contributed by atoms with E-state index in [1.807, 2.05) is 0 Å². The van der Waals surface area contributed by atoms with Crippen LogP contribution in [0, 0.1) is 0 Å². The highest BCUT2D eigenvalue weighted by Crippen LogP contribution is 2.28. The van der Waals surface area contributed by atoms with Gasteiger partial charge in [0, 0.05) is 23.5 Å². The van der Waals surface area contributed by atoms with E-state index in [0.29, 0.717) is 23.3 Å². The number of aldehydes is 1. The minimum Gasteiger partial charge on any atom is -0.464 e. The first-order valence-corrected chi connectivity index (χ1v) is 8.79. The topological polar surface area (TPSA) is 90.0 Å². The Morgan fingerprint density at radius 1 is 1.13 bits per heavy atom. The molecule has 9 heteroatoms. The van der Waals surface area contributed by atoms with Gasteiger partial charge in [0.1, 0.15) is 18.3 Å². The van der Waals surface area contributed by atoms with Gasteiger partial charge in [0.2, 0.25) is 0 Å². The highest BCUT2D eigenvalue weighted by Gasteiger charge is 2.22. The predicted octanol–water partition coefficient (Wildman–Crippen LogP) is 4.53. The Kier molecular flexibility index (Phi) is 5.17. The molecule has 0 atom stereocenters. The minimum absolute atomic E-state index is 0.124. The molecule has 0 saturated carbocycles. The Bertz CT molecular complexity index is 1180. The third-order valence-corrected chi connectivity index (χ3v) is 4.32. The predicted molar refractivity (Wildman–Crippen MR) is 104 cm³/mol. The molecule has 0 aliphatic rings. The largest absolute Gasteiger partial charge is 0.464 e. The van der Waals surface area contributed by atoms with Gasteiger partial charge in [-0.1, -0.05) is 0 Å². The van der Waals surface area contributed by atoms with Crippen molar-refractivity contribution in [3.8, 4) is 17.0 Å². The summed E-state index contributed by atoms with van der Waals surface area (Å²) < 4.78 is 33.5.